The molecule has 1 rings (SSSR count). The van der Waals surface area contributed by atoms with Gasteiger partial charge in [-0.25, -0.2) is 0 Å². The molecular formula is C10H15NO2S. The Morgan fingerprint density at radius 3 is 2.71 bits per heavy atom. The number of esters is 1. The lowest BCUT2D eigenvalue weighted by atomic mass is 10.1. The van der Waals surface area contributed by atoms with E-state index >= 15 is 0 Å². The van der Waals surface area contributed by atoms with Crippen molar-refractivity contribution in [2.45, 2.75) is 26.3 Å². The molecule has 0 aromatic carbocycles. The third kappa shape index (κ3) is 2.56. The highest BCUT2D eigenvalue weighted by atomic mass is 32.1. The van der Waals surface area contributed by atoms with Crippen LogP contribution in [0, 0.1) is 13.8 Å². The summed E-state index contributed by atoms with van der Waals surface area (Å²) in [6.45, 7) is 4.09. The summed E-state index contributed by atoms with van der Waals surface area (Å²) in [5, 5.41) is 0. The Kier molecular flexibility index (Phi) is 3.66. The number of aryl methyl sites for hydroxylation is 2. The van der Waals surface area contributed by atoms with Crippen molar-refractivity contribution >= 4 is 17.3 Å². The molecule has 1 heterocycles. The summed E-state index contributed by atoms with van der Waals surface area (Å²) in [6, 6.07) is 1.52. The average Bonchev–Trinajstić information content (AvgIpc) is 2.44. The van der Waals surface area contributed by atoms with E-state index in [9.17, 15) is 4.79 Å². The van der Waals surface area contributed by atoms with Gasteiger partial charge in [-0.2, -0.15) is 0 Å². The first-order valence-corrected chi connectivity index (χ1v) is 5.25. The Balaban J connectivity index is 2.69. The molecule has 0 fully saturated rings. The predicted molar refractivity (Wildman–Crippen MR) is 57.5 cm³/mol. The van der Waals surface area contributed by atoms with E-state index in [0.29, 0.717) is 6.42 Å². The smallest absolute Gasteiger partial charge is 0.322 e. The van der Waals surface area contributed by atoms with Crippen LogP contribution in [-0.2, 0) is 16.0 Å². The van der Waals surface area contributed by atoms with Crippen LogP contribution in [0.1, 0.15) is 15.3 Å². The van der Waals surface area contributed by atoms with E-state index in [4.69, 9.17) is 5.73 Å². The minimum atomic E-state index is -0.548. The van der Waals surface area contributed by atoms with Gasteiger partial charge in [-0.1, -0.05) is 0 Å². The van der Waals surface area contributed by atoms with E-state index in [1.54, 1.807) is 11.3 Å². The quantitative estimate of drug-likeness (QED) is 0.772. The van der Waals surface area contributed by atoms with Crippen molar-refractivity contribution in [3.05, 3.63) is 21.4 Å². The van der Waals surface area contributed by atoms with E-state index < -0.39 is 6.04 Å². The third-order valence-electron chi connectivity index (χ3n) is 2.09. The van der Waals surface area contributed by atoms with Crippen LogP contribution in [0.15, 0.2) is 6.07 Å². The van der Waals surface area contributed by atoms with Crippen molar-refractivity contribution in [3.8, 4) is 0 Å². The van der Waals surface area contributed by atoms with Gasteiger partial charge in [0.25, 0.3) is 0 Å². The molecule has 1 aromatic rings. The van der Waals surface area contributed by atoms with Crippen LogP contribution in [0.4, 0.5) is 0 Å². The second-order valence-corrected chi connectivity index (χ2v) is 4.73. The van der Waals surface area contributed by atoms with Crippen molar-refractivity contribution in [1.82, 2.24) is 0 Å². The first-order chi connectivity index (χ1) is 6.54. The normalized spacial score (nSPS) is 12.6. The van der Waals surface area contributed by atoms with Gasteiger partial charge in [-0.15, -0.1) is 11.3 Å². The lowest BCUT2D eigenvalue weighted by Gasteiger charge is -2.08. The number of thiophene rings is 1. The van der Waals surface area contributed by atoms with Gasteiger partial charge in [0, 0.05) is 9.75 Å². The fourth-order valence-corrected chi connectivity index (χ4v) is 2.32. The van der Waals surface area contributed by atoms with Crippen LogP contribution in [0.3, 0.4) is 0 Å². The van der Waals surface area contributed by atoms with E-state index in [1.165, 1.54) is 16.9 Å². The van der Waals surface area contributed by atoms with Crippen LogP contribution in [0.5, 0.6) is 0 Å². The molecule has 0 saturated carbocycles. The van der Waals surface area contributed by atoms with E-state index in [2.05, 4.69) is 10.8 Å². The highest BCUT2D eigenvalue weighted by Gasteiger charge is 2.16. The maximum Gasteiger partial charge on any atom is 0.322 e. The summed E-state index contributed by atoms with van der Waals surface area (Å²) in [7, 11) is 1.36. The fourth-order valence-electron chi connectivity index (χ4n) is 1.36. The van der Waals surface area contributed by atoms with Crippen molar-refractivity contribution in [1.29, 1.82) is 0 Å². The number of hydrogen-bond donors (Lipinski definition) is 1. The van der Waals surface area contributed by atoms with Gasteiger partial charge in [-0.05, 0) is 31.9 Å². The van der Waals surface area contributed by atoms with Crippen molar-refractivity contribution in [2.24, 2.45) is 5.73 Å². The summed E-state index contributed by atoms with van der Waals surface area (Å²) in [6.07, 6.45) is 0.558. The molecular weight excluding hydrogens is 198 g/mol. The predicted octanol–water partition coefficient (Wildman–Crippen LogP) is 1.41. The largest absolute Gasteiger partial charge is 0.468 e. The number of rotatable bonds is 3. The highest BCUT2D eigenvalue weighted by Crippen LogP contribution is 2.21. The third-order valence-corrected chi connectivity index (χ3v) is 3.10. The zero-order valence-corrected chi connectivity index (χ0v) is 9.48. The molecule has 2 N–H and O–H groups in total. The summed E-state index contributed by atoms with van der Waals surface area (Å²) in [5.41, 5.74) is 6.81. The van der Waals surface area contributed by atoms with Crippen LogP contribution in [0.25, 0.3) is 0 Å². The van der Waals surface area contributed by atoms with E-state index in [0.717, 1.165) is 5.56 Å². The Morgan fingerprint density at radius 1 is 1.64 bits per heavy atom. The van der Waals surface area contributed by atoms with E-state index in [1.807, 2.05) is 13.8 Å². The average molecular weight is 213 g/mol. The van der Waals surface area contributed by atoms with Crippen LogP contribution in [-0.4, -0.2) is 19.1 Å². The lowest BCUT2D eigenvalue weighted by molar-refractivity contribution is -0.142. The number of carbonyl (C=O) groups excluding carboxylic acids is 1. The topological polar surface area (TPSA) is 52.3 Å². The second-order valence-electron chi connectivity index (χ2n) is 3.27. The Morgan fingerprint density at radius 2 is 2.29 bits per heavy atom. The maximum atomic E-state index is 11.1. The zero-order chi connectivity index (χ0) is 10.7. The minimum absolute atomic E-state index is 0.353. The van der Waals surface area contributed by atoms with Crippen LogP contribution in [0.2, 0.25) is 0 Å². The molecule has 0 saturated heterocycles. The monoisotopic (exact) mass is 213 g/mol. The zero-order valence-electron chi connectivity index (χ0n) is 8.66. The molecule has 3 nitrogen and oxygen atoms in total. The van der Waals surface area contributed by atoms with Gasteiger partial charge >= 0.3 is 5.97 Å². The van der Waals surface area contributed by atoms with Crippen molar-refractivity contribution in [2.75, 3.05) is 7.11 Å². The SMILES string of the molecule is COC(=O)C(N)Cc1cc(C)sc1C. The summed E-state index contributed by atoms with van der Waals surface area (Å²) < 4.78 is 4.57. The van der Waals surface area contributed by atoms with Gasteiger partial charge in [0.2, 0.25) is 0 Å². The first-order valence-electron chi connectivity index (χ1n) is 4.44. The molecule has 0 spiro atoms. The van der Waals surface area contributed by atoms with Gasteiger partial charge in [0.1, 0.15) is 6.04 Å². The van der Waals surface area contributed by atoms with E-state index in [-0.39, 0.29) is 5.97 Å². The molecule has 0 aliphatic rings. The van der Waals surface area contributed by atoms with Gasteiger partial charge < -0.3 is 10.5 Å². The number of ether oxygens (including phenoxy) is 1. The molecule has 78 valence electrons. The second kappa shape index (κ2) is 4.57. The highest BCUT2D eigenvalue weighted by molar-refractivity contribution is 7.12. The van der Waals surface area contributed by atoms with Crippen LogP contribution < -0.4 is 5.73 Å². The minimum Gasteiger partial charge on any atom is -0.468 e. The molecule has 1 unspecified atom stereocenters. The molecule has 0 amide bonds. The molecule has 1 aromatic heterocycles. The maximum absolute atomic E-state index is 11.1. The van der Waals surface area contributed by atoms with Gasteiger partial charge in [0.05, 0.1) is 7.11 Å². The molecule has 0 radical (unpaired) electrons. The summed E-state index contributed by atoms with van der Waals surface area (Å²) in [5.74, 6) is -0.353. The number of carbonyl (C=O) groups is 1. The van der Waals surface area contributed by atoms with Gasteiger partial charge in [-0.3, -0.25) is 4.79 Å². The molecule has 1 atom stereocenters. The first kappa shape index (κ1) is 11.2. The standard InChI is InChI=1S/C10H15NO2S/c1-6-4-8(7(2)14-6)5-9(11)10(12)13-3/h4,9H,5,11H2,1-3H3. The molecule has 4 heteroatoms. The number of hydrogen-bond acceptors (Lipinski definition) is 4. The summed E-state index contributed by atoms with van der Waals surface area (Å²) >= 11 is 1.72. The fraction of sp³-hybridized carbons (Fsp3) is 0.500. The van der Waals surface area contributed by atoms with Crippen molar-refractivity contribution < 1.29 is 9.53 Å². The van der Waals surface area contributed by atoms with Crippen molar-refractivity contribution in [3.63, 3.8) is 0 Å². The lowest BCUT2D eigenvalue weighted by Crippen LogP contribution is -2.33. The molecule has 0 aliphatic heterocycles. The van der Waals surface area contributed by atoms with Gasteiger partial charge in [0.15, 0.2) is 0 Å². The van der Waals surface area contributed by atoms with Crippen LogP contribution >= 0.6 is 11.3 Å². The number of nitrogens with two attached hydrogens (primary N) is 1. The Labute approximate surface area is 87.9 Å². The molecule has 14 heavy (non-hydrogen) atoms. The molecule has 0 bridgehead atoms. The number of methoxy groups -OCH3 is 1. The Hall–Kier alpha value is -0.870. The summed E-state index contributed by atoms with van der Waals surface area (Å²) in [4.78, 5) is 13.6. The molecule has 0 aliphatic carbocycles. The Bertz CT molecular complexity index is 333.